The van der Waals surface area contributed by atoms with E-state index in [1.807, 2.05) is 29.8 Å². The van der Waals surface area contributed by atoms with Gasteiger partial charge in [0.25, 0.3) is 5.56 Å². The van der Waals surface area contributed by atoms with E-state index in [9.17, 15) is 4.79 Å². The van der Waals surface area contributed by atoms with Gasteiger partial charge in [-0.1, -0.05) is 36.0 Å². The zero-order valence-corrected chi connectivity index (χ0v) is 14.0. The van der Waals surface area contributed by atoms with Crippen molar-refractivity contribution >= 4 is 44.2 Å². The first kappa shape index (κ1) is 14.4. The van der Waals surface area contributed by atoms with E-state index < -0.39 is 0 Å². The number of thiophene rings is 1. The summed E-state index contributed by atoms with van der Waals surface area (Å²) in [5.41, 5.74) is 2.94. The van der Waals surface area contributed by atoms with Crippen LogP contribution in [-0.2, 0) is 12.8 Å². The van der Waals surface area contributed by atoms with Gasteiger partial charge in [-0.2, -0.15) is 0 Å². The van der Waals surface area contributed by atoms with Gasteiger partial charge in [0.05, 0.1) is 11.0 Å². The molecule has 0 unspecified atom stereocenters. The Kier molecular flexibility index (Phi) is 3.63. The van der Waals surface area contributed by atoms with Crippen LogP contribution >= 0.6 is 23.1 Å². The summed E-state index contributed by atoms with van der Waals surface area (Å²) >= 11 is 3.00. The van der Waals surface area contributed by atoms with Crippen LogP contribution in [0.4, 0.5) is 0 Å². The molecule has 0 bridgehead atoms. The van der Waals surface area contributed by atoms with Crippen molar-refractivity contribution in [3.8, 4) is 0 Å². The highest BCUT2D eigenvalue weighted by molar-refractivity contribution is 7.98. The van der Waals surface area contributed by atoms with Crippen LogP contribution in [0, 0.1) is 0 Å². The Hall–Kier alpha value is -2.18. The van der Waals surface area contributed by atoms with Crippen LogP contribution in [0.2, 0.25) is 0 Å². The maximum Gasteiger partial charge on any atom is 0.271 e. The van der Waals surface area contributed by atoms with Crippen molar-refractivity contribution in [2.75, 3.05) is 0 Å². The Labute approximate surface area is 140 Å². The molecule has 0 atom stereocenters. The minimum atomic E-state index is 0.0172. The average Bonchev–Trinajstić information content (AvgIpc) is 3.05. The number of aromatic nitrogens is 3. The molecule has 3 heterocycles. The molecular weight excluding hydrogens is 326 g/mol. The third-order valence-electron chi connectivity index (χ3n) is 3.72. The first-order chi connectivity index (χ1) is 11.2. The zero-order valence-electron chi connectivity index (χ0n) is 12.4. The molecule has 0 saturated carbocycles. The van der Waals surface area contributed by atoms with Crippen LogP contribution in [-0.4, -0.2) is 14.5 Å². The number of pyridine rings is 1. The quantitative estimate of drug-likeness (QED) is 0.420. The maximum absolute atomic E-state index is 12.3. The van der Waals surface area contributed by atoms with Gasteiger partial charge >= 0.3 is 0 Å². The van der Waals surface area contributed by atoms with Gasteiger partial charge in [0.2, 0.25) is 0 Å². The molecule has 1 aromatic carbocycles. The molecule has 0 fully saturated rings. The topological polar surface area (TPSA) is 47.8 Å². The number of fused-ring (bicyclic) bond motifs is 2. The smallest absolute Gasteiger partial charge is 0.271 e. The number of para-hydroxylation sites is 1. The lowest BCUT2D eigenvalue weighted by Gasteiger charge is -2.08. The van der Waals surface area contributed by atoms with Crippen LogP contribution in [0.25, 0.3) is 21.1 Å². The third-order valence-corrected chi connectivity index (χ3v) is 5.69. The van der Waals surface area contributed by atoms with Crippen LogP contribution in [0.5, 0.6) is 0 Å². The van der Waals surface area contributed by atoms with Gasteiger partial charge in [-0.15, -0.1) is 11.3 Å². The van der Waals surface area contributed by atoms with Crippen molar-refractivity contribution in [3.63, 3.8) is 0 Å². The molecule has 0 radical (unpaired) electrons. The SMILES string of the molecule is Cn1c(SCc2cccc3cccnc23)nc2ccsc2c1=O. The van der Waals surface area contributed by atoms with E-state index in [0.717, 1.165) is 32.9 Å². The highest BCUT2D eigenvalue weighted by Gasteiger charge is 2.11. The molecule has 0 N–H and O–H groups in total. The van der Waals surface area contributed by atoms with Gasteiger partial charge in [-0.05, 0) is 23.1 Å². The second kappa shape index (κ2) is 5.79. The first-order valence-corrected chi connectivity index (χ1v) is 9.00. The molecule has 4 nitrogen and oxygen atoms in total. The zero-order chi connectivity index (χ0) is 15.8. The molecule has 0 aliphatic rings. The fourth-order valence-electron chi connectivity index (χ4n) is 2.52. The number of nitrogens with zero attached hydrogens (tertiary/aromatic N) is 3. The van der Waals surface area contributed by atoms with Crippen LogP contribution in [0.3, 0.4) is 0 Å². The number of benzene rings is 1. The fraction of sp³-hybridized carbons (Fsp3) is 0.118. The molecular formula is C17H13N3OS2. The van der Waals surface area contributed by atoms with E-state index >= 15 is 0 Å². The van der Waals surface area contributed by atoms with Gasteiger partial charge in [0.15, 0.2) is 5.16 Å². The van der Waals surface area contributed by atoms with E-state index in [4.69, 9.17) is 0 Å². The summed E-state index contributed by atoms with van der Waals surface area (Å²) in [6.45, 7) is 0. The predicted octanol–water partition coefficient (Wildman–Crippen LogP) is 3.84. The summed E-state index contributed by atoms with van der Waals surface area (Å²) in [6.07, 6.45) is 1.81. The predicted molar refractivity (Wildman–Crippen MR) is 96.2 cm³/mol. The van der Waals surface area contributed by atoms with Gasteiger partial charge in [0.1, 0.15) is 4.70 Å². The Morgan fingerprint density at radius 2 is 2.09 bits per heavy atom. The van der Waals surface area contributed by atoms with E-state index in [1.165, 1.54) is 11.3 Å². The summed E-state index contributed by atoms with van der Waals surface area (Å²) < 4.78 is 2.34. The highest BCUT2D eigenvalue weighted by Crippen LogP contribution is 2.26. The second-order valence-corrected chi connectivity index (χ2v) is 7.03. The van der Waals surface area contributed by atoms with Gasteiger partial charge < -0.3 is 0 Å². The fourth-order valence-corrected chi connectivity index (χ4v) is 4.29. The summed E-state index contributed by atoms with van der Waals surface area (Å²) in [6, 6.07) is 12.1. The van der Waals surface area contributed by atoms with Gasteiger partial charge in [0, 0.05) is 24.4 Å². The largest absolute Gasteiger partial charge is 0.290 e. The monoisotopic (exact) mass is 339 g/mol. The molecule has 3 aromatic heterocycles. The number of hydrogen-bond acceptors (Lipinski definition) is 5. The molecule has 114 valence electrons. The van der Waals surface area contributed by atoms with Crippen molar-refractivity contribution in [3.05, 3.63) is 63.9 Å². The Morgan fingerprint density at radius 1 is 1.22 bits per heavy atom. The van der Waals surface area contributed by atoms with Crippen LogP contribution in [0.1, 0.15) is 5.56 Å². The maximum atomic E-state index is 12.3. The number of hydrogen-bond donors (Lipinski definition) is 0. The van der Waals surface area contributed by atoms with Gasteiger partial charge in [-0.25, -0.2) is 4.98 Å². The van der Waals surface area contributed by atoms with Crippen molar-refractivity contribution in [1.82, 2.24) is 14.5 Å². The summed E-state index contributed by atoms with van der Waals surface area (Å²) in [4.78, 5) is 21.4. The van der Waals surface area contributed by atoms with Crippen molar-refractivity contribution < 1.29 is 0 Å². The molecule has 6 heteroatoms. The average molecular weight is 339 g/mol. The molecule has 23 heavy (non-hydrogen) atoms. The molecule has 4 rings (SSSR count). The normalized spacial score (nSPS) is 11.3. The Balaban J connectivity index is 1.71. The molecule has 0 spiro atoms. The van der Waals surface area contributed by atoms with E-state index in [2.05, 4.69) is 28.2 Å². The standard InChI is InChI=1S/C17H13N3OS2/c1-20-16(21)15-13(7-9-22-15)19-17(20)23-10-12-5-2-4-11-6-3-8-18-14(11)12/h2-9H,10H2,1H3. The molecule has 0 aliphatic heterocycles. The first-order valence-electron chi connectivity index (χ1n) is 7.14. The molecule has 4 aromatic rings. The van der Waals surface area contributed by atoms with Gasteiger partial charge in [-0.3, -0.25) is 14.3 Å². The molecule has 0 amide bonds. The van der Waals surface area contributed by atoms with Crippen molar-refractivity contribution in [2.24, 2.45) is 7.05 Å². The van der Waals surface area contributed by atoms with Crippen molar-refractivity contribution in [1.29, 1.82) is 0 Å². The summed E-state index contributed by atoms with van der Waals surface area (Å²) in [5, 5.41) is 3.76. The van der Waals surface area contributed by atoms with E-state index in [0.29, 0.717) is 4.70 Å². The Morgan fingerprint density at radius 3 is 3.00 bits per heavy atom. The van der Waals surface area contributed by atoms with Crippen molar-refractivity contribution in [2.45, 2.75) is 10.9 Å². The number of rotatable bonds is 3. The highest BCUT2D eigenvalue weighted by atomic mass is 32.2. The second-order valence-electron chi connectivity index (χ2n) is 5.17. The lowest BCUT2D eigenvalue weighted by molar-refractivity contribution is 0.728. The van der Waals surface area contributed by atoms with Crippen LogP contribution < -0.4 is 5.56 Å². The van der Waals surface area contributed by atoms with E-state index in [1.54, 1.807) is 23.4 Å². The molecule has 0 aliphatic carbocycles. The minimum absolute atomic E-state index is 0.0172. The third kappa shape index (κ3) is 2.54. The summed E-state index contributed by atoms with van der Waals surface area (Å²) in [5.74, 6) is 0.726. The molecule has 0 saturated heterocycles. The minimum Gasteiger partial charge on any atom is -0.290 e. The van der Waals surface area contributed by atoms with E-state index in [-0.39, 0.29) is 5.56 Å². The van der Waals surface area contributed by atoms with Crippen LogP contribution in [0.15, 0.2) is 57.9 Å². The number of thioether (sulfide) groups is 1. The lowest BCUT2D eigenvalue weighted by atomic mass is 10.1. The summed E-state index contributed by atoms with van der Waals surface area (Å²) in [7, 11) is 1.78. The Bertz CT molecular complexity index is 1060. The lowest BCUT2D eigenvalue weighted by Crippen LogP contribution is -2.18.